The van der Waals surface area contributed by atoms with Gasteiger partial charge in [0, 0.05) is 62.6 Å². The first-order valence-corrected chi connectivity index (χ1v) is 13.2. The van der Waals surface area contributed by atoms with Crippen LogP contribution in [-0.2, 0) is 0 Å². The van der Waals surface area contributed by atoms with E-state index in [1.165, 1.54) is 17.8 Å². The number of benzene rings is 3. The van der Waals surface area contributed by atoms with Crippen molar-refractivity contribution in [2.24, 2.45) is 0 Å². The Kier molecular flexibility index (Phi) is 7.37. The summed E-state index contributed by atoms with van der Waals surface area (Å²) in [5.41, 5.74) is 1.97. The van der Waals surface area contributed by atoms with Crippen LogP contribution in [0.4, 0.5) is 15.8 Å². The van der Waals surface area contributed by atoms with Crippen molar-refractivity contribution in [2.45, 2.75) is 9.79 Å². The van der Waals surface area contributed by atoms with Crippen molar-refractivity contribution in [3.8, 4) is 0 Å². The molecule has 2 heterocycles. The maximum atomic E-state index is 14.9. The van der Waals surface area contributed by atoms with Gasteiger partial charge in [-0.15, -0.1) is 0 Å². The smallest absolute Gasteiger partial charge is 0.272 e. The van der Waals surface area contributed by atoms with Crippen LogP contribution in [0.15, 0.2) is 64.4 Å². The van der Waals surface area contributed by atoms with E-state index in [1.54, 1.807) is 36.4 Å². The summed E-state index contributed by atoms with van der Waals surface area (Å²) in [7, 11) is 2.05. The van der Waals surface area contributed by atoms with Crippen LogP contribution in [0.25, 0.3) is 10.9 Å². The summed E-state index contributed by atoms with van der Waals surface area (Å²) in [5, 5.41) is 5.19. The van der Waals surface area contributed by atoms with Gasteiger partial charge in [0.05, 0.1) is 10.7 Å². The third-order valence-corrected chi connectivity index (χ3v) is 8.08. The standard InChI is InChI=1S/C26H22Cl3FN4OS/c1-33-6-8-34(9-7-33)23-4-3-17(13-20(23)30)31-26(35)22-14-18-21(32-22)11-16(28)12-25(18)36-24-5-2-15(27)10-19(24)29/h2-5,10-14,32H,6-9H2,1H3,(H,31,35). The molecule has 0 radical (unpaired) electrons. The number of aromatic amines is 1. The minimum Gasteiger partial charge on any atom is -0.367 e. The van der Waals surface area contributed by atoms with Crippen molar-refractivity contribution in [1.82, 2.24) is 9.88 Å². The lowest BCUT2D eigenvalue weighted by atomic mass is 10.2. The molecular formula is C26H22Cl3FN4OS. The summed E-state index contributed by atoms with van der Waals surface area (Å²) in [6.45, 7) is 3.29. The van der Waals surface area contributed by atoms with Crippen molar-refractivity contribution >= 4 is 74.7 Å². The molecule has 5 nitrogen and oxygen atoms in total. The average Bonchev–Trinajstić information content (AvgIpc) is 3.26. The highest BCUT2D eigenvalue weighted by atomic mass is 35.5. The summed E-state index contributed by atoms with van der Waals surface area (Å²) < 4.78 is 14.9. The Bertz CT molecular complexity index is 1450. The van der Waals surface area contributed by atoms with Crippen molar-refractivity contribution < 1.29 is 9.18 Å². The van der Waals surface area contributed by atoms with Crippen molar-refractivity contribution in [3.63, 3.8) is 0 Å². The minimum atomic E-state index is -0.380. The maximum absolute atomic E-state index is 14.9. The van der Waals surface area contributed by atoms with Gasteiger partial charge >= 0.3 is 0 Å². The molecule has 0 unspecified atom stereocenters. The van der Waals surface area contributed by atoms with Crippen LogP contribution < -0.4 is 10.2 Å². The Labute approximate surface area is 227 Å². The number of amides is 1. The van der Waals surface area contributed by atoms with Crippen LogP contribution in [0.3, 0.4) is 0 Å². The molecule has 1 fully saturated rings. The maximum Gasteiger partial charge on any atom is 0.272 e. The number of H-pyrrole nitrogens is 1. The SMILES string of the molecule is CN1CCN(c2ccc(NC(=O)c3cc4c(Sc5ccc(Cl)cc5Cl)cc(Cl)cc4[nH]3)cc2F)CC1. The normalized spacial score (nSPS) is 14.4. The summed E-state index contributed by atoms with van der Waals surface area (Å²) >= 11 is 20.1. The number of aromatic nitrogens is 1. The monoisotopic (exact) mass is 562 g/mol. The Hall–Kier alpha value is -2.42. The lowest BCUT2D eigenvalue weighted by Crippen LogP contribution is -2.44. The van der Waals surface area contributed by atoms with E-state index in [0.717, 1.165) is 41.4 Å². The molecule has 0 saturated carbocycles. The largest absolute Gasteiger partial charge is 0.367 e. The second kappa shape index (κ2) is 10.5. The molecule has 1 amide bonds. The Morgan fingerprint density at radius 1 is 0.944 bits per heavy atom. The number of hydrogen-bond donors (Lipinski definition) is 2. The molecule has 1 saturated heterocycles. The number of nitrogens with zero attached hydrogens (tertiary/aromatic N) is 2. The third kappa shape index (κ3) is 5.45. The van der Waals surface area contributed by atoms with Gasteiger partial charge in [-0.3, -0.25) is 4.79 Å². The highest BCUT2D eigenvalue weighted by Gasteiger charge is 2.19. The van der Waals surface area contributed by atoms with Gasteiger partial charge in [0.25, 0.3) is 5.91 Å². The van der Waals surface area contributed by atoms with Gasteiger partial charge in [-0.25, -0.2) is 4.39 Å². The van der Waals surface area contributed by atoms with Crippen molar-refractivity contribution in [1.29, 1.82) is 0 Å². The van der Waals surface area contributed by atoms with Crippen LogP contribution in [0.5, 0.6) is 0 Å². The summed E-state index contributed by atoms with van der Waals surface area (Å²) in [6, 6.07) is 15.4. The van der Waals surface area contributed by atoms with Crippen molar-refractivity contribution in [3.05, 3.63) is 81.2 Å². The molecule has 0 atom stereocenters. The first kappa shape index (κ1) is 25.2. The second-order valence-electron chi connectivity index (χ2n) is 8.64. The first-order valence-electron chi connectivity index (χ1n) is 11.3. The summed E-state index contributed by atoms with van der Waals surface area (Å²) in [4.78, 5) is 22.0. The number of carbonyl (C=O) groups excluding carboxylic acids is 1. The van der Waals surface area contributed by atoms with E-state index in [-0.39, 0.29) is 11.7 Å². The molecule has 36 heavy (non-hydrogen) atoms. The molecular weight excluding hydrogens is 542 g/mol. The molecule has 0 aliphatic carbocycles. The predicted molar refractivity (Wildman–Crippen MR) is 148 cm³/mol. The fraction of sp³-hybridized carbons (Fsp3) is 0.192. The molecule has 0 spiro atoms. The first-order chi connectivity index (χ1) is 17.3. The van der Waals surface area contributed by atoms with Crippen LogP contribution >= 0.6 is 46.6 Å². The predicted octanol–water partition coefficient (Wildman–Crippen LogP) is 7.42. The van der Waals surface area contributed by atoms with Gasteiger partial charge < -0.3 is 20.1 Å². The average molecular weight is 564 g/mol. The fourth-order valence-electron chi connectivity index (χ4n) is 4.14. The van der Waals surface area contributed by atoms with Crippen LogP contribution in [-0.4, -0.2) is 49.0 Å². The van der Waals surface area contributed by atoms with E-state index in [1.807, 2.05) is 17.0 Å². The van der Waals surface area contributed by atoms with Gasteiger partial charge in [-0.2, -0.15) is 0 Å². The number of piperazine rings is 1. The highest BCUT2D eigenvalue weighted by Crippen LogP contribution is 2.40. The van der Waals surface area contributed by atoms with E-state index < -0.39 is 0 Å². The van der Waals surface area contributed by atoms with Crippen molar-refractivity contribution in [2.75, 3.05) is 43.4 Å². The lowest BCUT2D eigenvalue weighted by molar-refractivity contribution is 0.102. The van der Waals surface area contributed by atoms with E-state index in [4.69, 9.17) is 34.8 Å². The molecule has 4 aromatic rings. The van der Waals surface area contributed by atoms with E-state index in [0.29, 0.717) is 37.7 Å². The molecule has 3 aromatic carbocycles. The Balaban J connectivity index is 1.37. The molecule has 186 valence electrons. The number of anilines is 2. The topological polar surface area (TPSA) is 51.4 Å². The van der Waals surface area contributed by atoms with E-state index in [9.17, 15) is 9.18 Å². The number of nitrogens with one attached hydrogen (secondary N) is 2. The van der Waals surface area contributed by atoms with Gasteiger partial charge in [-0.1, -0.05) is 46.6 Å². The van der Waals surface area contributed by atoms with E-state index >= 15 is 0 Å². The number of hydrogen-bond acceptors (Lipinski definition) is 4. The number of rotatable bonds is 5. The molecule has 10 heteroatoms. The molecule has 1 aliphatic rings. The van der Waals surface area contributed by atoms with Crippen LogP contribution in [0.1, 0.15) is 10.5 Å². The van der Waals surface area contributed by atoms with Gasteiger partial charge in [0.2, 0.25) is 0 Å². The number of halogens is 4. The highest BCUT2D eigenvalue weighted by molar-refractivity contribution is 7.99. The van der Waals surface area contributed by atoms with Gasteiger partial charge in [0.1, 0.15) is 11.5 Å². The van der Waals surface area contributed by atoms with Gasteiger partial charge in [0.15, 0.2) is 0 Å². The fourth-order valence-corrected chi connectivity index (χ4v) is 5.94. The zero-order valence-corrected chi connectivity index (χ0v) is 22.3. The zero-order chi connectivity index (χ0) is 25.4. The molecule has 0 bridgehead atoms. The minimum absolute atomic E-state index is 0.333. The van der Waals surface area contributed by atoms with Crippen LogP contribution in [0, 0.1) is 5.82 Å². The molecule has 2 N–H and O–H groups in total. The van der Waals surface area contributed by atoms with Gasteiger partial charge in [-0.05, 0) is 61.6 Å². The number of fused-ring (bicyclic) bond motifs is 1. The Morgan fingerprint density at radius 3 is 2.44 bits per heavy atom. The van der Waals surface area contributed by atoms with E-state index in [2.05, 4.69) is 22.2 Å². The van der Waals surface area contributed by atoms with Crippen LogP contribution in [0.2, 0.25) is 15.1 Å². The number of likely N-dealkylation sites (N-methyl/N-ethyl adjacent to an activating group) is 1. The lowest BCUT2D eigenvalue weighted by Gasteiger charge is -2.34. The molecule has 1 aromatic heterocycles. The second-order valence-corrected chi connectivity index (χ2v) is 11.0. The number of carbonyl (C=O) groups is 1. The quantitative estimate of drug-likeness (QED) is 0.265. The Morgan fingerprint density at radius 2 is 1.72 bits per heavy atom. The zero-order valence-electron chi connectivity index (χ0n) is 19.2. The summed E-state index contributed by atoms with van der Waals surface area (Å²) in [5.74, 6) is -0.742. The molecule has 5 rings (SSSR count). The third-order valence-electron chi connectivity index (χ3n) is 6.07. The molecule has 1 aliphatic heterocycles. The summed E-state index contributed by atoms with van der Waals surface area (Å²) in [6.07, 6.45) is 0.